The summed E-state index contributed by atoms with van der Waals surface area (Å²) in [4.78, 5) is 11.0. The summed E-state index contributed by atoms with van der Waals surface area (Å²) in [5.41, 5.74) is 7.46. The molecule has 3 N–H and O–H groups in total. The van der Waals surface area contributed by atoms with Gasteiger partial charge in [-0.2, -0.15) is 0 Å². The second kappa shape index (κ2) is 6.76. The fourth-order valence-electron chi connectivity index (χ4n) is 1.83. The van der Waals surface area contributed by atoms with Crippen molar-refractivity contribution < 1.29 is 19.4 Å². The highest BCUT2D eigenvalue weighted by molar-refractivity contribution is 5.89. The minimum atomic E-state index is -1.02. The Labute approximate surface area is 122 Å². The molecule has 110 valence electrons. The summed E-state index contributed by atoms with van der Waals surface area (Å²) in [7, 11) is 1.66. The summed E-state index contributed by atoms with van der Waals surface area (Å²) in [5.74, 6) is -0.0836. The minimum Gasteiger partial charge on any atom is -0.478 e. The number of carbonyl (C=O) groups is 1. The monoisotopic (exact) mass is 287 g/mol. The van der Waals surface area contributed by atoms with E-state index < -0.39 is 5.97 Å². The number of nitrogen functional groups attached to an aromatic ring is 1. The molecule has 0 saturated heterocycles. The van der Waals surface area contributed by atoms with Gasteiger partial charge in [-0.3, -0.25) is 0 Å². The number of rotatable bonds is 6. The predicted octanol–water partition coefficient (Wildman–Crippen LogP) is 2.95. The van der Waals surface area contributed by atoms with E-state index in [9.17, 15) is 4.79 Å². The van der Waals surface area contributed by atoms with Crippen molar-refractivity contribution in [2.45, 2.75) is 6.42 Å². The fourth-order valence-corrected chi connectivity index (χ4v) is 1.83. The number of hydrogen-bond donors (Lipinski definition) is 2. The summed E-state index contributed by atoms with van der Waals surface area (Å²) < 4.78 is 10.7. The highest BCUT2D eigenvalue weighted by atomic mass is 16.5. The molecule has 2 rings (SSSR count). The number of aromatic carboxylic acids is 1. The predicted molar refractivity (Wildman–Crippen MR) is 79.9 cm³/mol. The Morgan fingerprint density at radius 1 is 1.19 bits per heavy atom. The molecule has 5 nitrogen and oxygen atoms in total. The first-order valence-electron chi connectivity index (χ1n) is 6.48. The molecular formula is C16H17NO4. The molecule has 0 spiro atoms. The van der Waals surface area contributed by atoms with Crippen molar-refractivity contribution >= 4 is 11.7 Å². The molecule has 0 fully saturated rings. The number of methoxy groups -OCH3 is 1. The van der Waals surface area contributed by atoms with Crippen molar-refractivity contribution in [1.82, 2.24) is 0 Å². The number of benzene rings is 2. The maximum atomic E-state index is 11.0. The van der Waals surface area contributed by atoms with Crippen LogP contribution in [0.25, 0.3) is 0 Å². The average Bonchev–Trinajstić information content (AvgIpc) is 2.48. The second-order valence-electron chi connectivity index (χ2n) is 4.55. The van der Waals surface area contributed by atoms with Gasteiger partial charge in [0.1, 0.15) is 5.75 Å². The lowest BCUT2D eigenvalue weighted by Crippen LogP contribution is -1.99. The molecule has 0 aromatic heterocycles. The van der Waals surface area contributed by atoms with Gasteiger partial charge in [-0.1, -0.05) is 12.1 Å². The van der Waals surface area contributed by atoms with E-state index in [4.69, 9.17) is 20.3 Å². The molecule has 2 aromatic rings. The van der Waals surface area contributed by atoms with E-state index in [0.717, 1.165) is 12.0 Å². The SMILES string of the molecule is COCCc1ccc(Oc2cc(C(=O)O)ccc2N)cc1. The van der Waals surface area contributed by atoms with Gasteiger partial charge in [0, 0.05) is 7.11 Å². The van der Waals surface area contributed by atoms with E-state index in [-0.39, 0.29) is 5.56 Å². The van der Waals surface area contributed by atoms with Gasteiger partial charge in [0.05, 0.1) is 17.9 Å². The third-order valence-corrected chi connectivity index (χ3v) is 3.01. The number of nitrogens with two attached hydrogens (primary N) is 1. The van der Waals surface area contributed by atoms with Crippen molar-refractivity contribution in [1.29, 1.82) is 0 Å². The first-order valence-corrected chi connectivity index (χ1v) is 6.48. The van der Waals surface area contributed by atoms with Crippen LogP contribution in [0.5, 0.6) is 11.5 Å². The summed E-state index contributed by atoms with van der Waals surface area (Å²) in [6.45, 7) is 0.661. The molecule has 0 saturated carbocycles. The quantitative estimate of drug-likeness (QED) is 0.798. The number of ether oxygens (including phenoxy) is 2. The third kappa shape index (κ3) is 3.97. The van der Waals surface area contributed by atoms with Crippen LogP contribution in [-0.4, -0.2) is 24.8 Å². The molecule has 0 aliphatic rings. The Hall–Kier alpha value is -2.53. The topological polar surface area (TPSA) is 81.8 Å². The lowest BCUT2D eigenvalue weighted by Gasteiger charge is -2.10. The van der Waals surface area contributed by atoms with Crippen molar-refractivity contribution in [3.8, 4) is 11.5 Å². The van der Waals surface area contributed by atoms with E-state index in [0.29, 0.717) is 23.8 Å². The van der Waals surface area contributed by atoms with Gasteiger partial charge < -0.3 is 20.3 Å². The smallest absolute Gasteiger partial charge is 0.335 e. The first kappa shape index (κ1) is 14.9. The Balaban J connectivity index is 2.14. The van der Waals surface area contributed by atoms with Gasteiger partial charge in [0.2, 0.25) is 0 Å². The van der Waals surface area contributed by atoms with Crippen molar-refractivity contribution in [2.75, 3.05) is 19.5 Å². The lowest BCUT2D eigenvalue weighted by atomic mass is 10.1. The molecule has 5 heteroatoms. The largest absolute Gasteiger partial charge is 0.478 e. The Morgan fingerprint density at radius 2 is 1.90 bits per heavy atom. The zero-order chi connectivity index (χ0) is 15.2. The Morgan fingerprint density at radius 3 is 2.52 bits per heavy atom. The van der Waals surface area contributed by atoms with Crippen LogP contribution in [0.2, 0.25) is 0 Å². The van der Waals surface area contributed by atoms with Gasteiger partial charge in [-0.05, 0) is 42.3 Å². The number of carboxylic acid groups (broad SMARTS) is 1. The van der Waals surface area contributed by atoms with E-state index >= 15 is 0 Å². The van der Waals surface area contributed by atoms with Crippen molar-refractivity contribution in [3.05, 3.63) is 53.6 Å². The van der Waals surface area contributed by atoms with Crippen LogP contribution in [0.1, 0.15) is 15.9 Å². The van der Waals surface area contributed by atoms with E-state index in [1.165, 1.54) is 18.2 Å². The van der Waals surface area contributed by atoms with Crippen LogP contribution in [0.15, 0.2) is 42.5 Å². The summed E-state index contributed by atoms with van der Waals surface area (Å²) in [6.07, 6.45) is 0.827. The van der Waals surface area contributed by atoms with Gasteiger partial charge in [-0.25, -0.2) is 4.79 Å². The zero-order valence-corrected chi connectivity index (χ0v) is 11.7. The number of hydrogen-bond acceptors (Lipinski definition) is 4. The Bertz CT molecular complexity index is 623. The van der Waals surface area contributed by atoms with Crippen LogP contribution in [-0.2, 0) is 11.2 Å². The average molecular weight is 287 g/mol. The highest BCUT2D eigenvalue weighted by Gasteiger charge is 2.08. The molecule has 0 bridgehead atoms. The van der Waals surface area contributed by atoms with Crippen LogP contribution in [0.3, 0.4) is 0 Å². The number of carboxylic acids is 1. The van der Waals surface area contributed by atoms with E-state index in [1.807, 2.05) is 24.3 Å². The van der Waals surface area contributed by atoms with E-state index in [1.54, 1.807) is 7.11 Å². The summed E-state index contributed by atoms with van der Waals surface area (Å²) in [6, 6.07) is 11.9. The van der Waals surface area contributed by atoms with Crippen molar-refractivity contribution in [2.24, 2.45) is 0 Å². The second-order valence-corrected chi connectivity index (χ2v) is 4.55. The van der Waals surface area contributed by atoms with Crippen LogP contribution in [0.4, 0.5) is 5.69 Å². The first-order chi connectivity index (χ1) is 10.1. The standard InChI is InChI=1S/C16H17NO4/c1-20-9-8-11-2-5-13(6-3-11)21-15-10-12(16(18)19)4-7-14(15)17/h2-7,10H,8-9,17H2,1H3,(H,18,19). The van der Waals surface area contributed by atoms with Crippen LogP contribution < -0.4 is 10.5 Å². The van der Waals surface area contributed by atoms with Gasteiger partial charge >= 0.3 is 5.97 Å². The molecule has 0 radical (unpaired) electrons. The number of anilines is 1. The molecule has 21 heavy (non-hydrogen) atoms. The van der Waals surface area contributed by atoms with Gasteiger partial charge in [0.25, 0.3) is 0 Å². The lowest BCUT2D eigenvalue weighted by molar-refractivity contribution is 0.0696. The third-order valence-electron chi connectivity index (χ3n) is 3.01. The Kier molecular flexibility index (Phi) is 4.79. The normalized spacial score (nSPS) is 10.3. The highest BCUT2D eigenvalue weighted by Crippen LogP contribution is 2.28. The minimum absolute atomic E-state index is 0.135. The molecular weight excluding hydrogens is 270 g/mol. The van der Waals surface area contributed by atoms with Crippen molar-refractivity contribution in [3.63, 3.8) is 0 Å². The molecule has 0 atom stereocenters. The van der Waals surface area contributed by atoms with Gasteiger partial charge in [0.15, 0.2) is 5.75 Å². The fraction of sp³-hybridized carbons (Fsp3) is 0.188. The molecule has 2 aromatic carbocycles. The maximum Gasteiger partial charge on any atom is 0.335 e. The molecule has 0 aliphatic heterocycles. The summed E-state index contributed by atoms with van der Waals surface area (Å²) in [5, 5.41) is 8.98. The summed E-state index contributed by atoms with van der Waals surface area (Å²) >= 11 is 0. The molecule has 0 heterocycles. The van der Waals surface area contributed by atoms with Gasteiger partial charge in [-0.15, -0.1) is 0 Å². The molecule has 0 unspecified atom stereocenters. The van der Waals surface area contributed by atoms with E-state index in [2.05, 4.69) is 0 Å². The zero-order valence-electron chi connectivity index (χ0n) is 11.7. The molecule has 0 amide bonds. The van der Waals surface area contributed by atoms with Crippen LogP contribution >= 0.6 is 0 Å². The molecule has 0 aliphatic carbocycles. The van der Waals surface area contributed by atoms with Crippen LogP contribution in [0, 0.1) is 0 Å². The maximum absolute atomic E-state index is 11.0.